The first-order valence-electron chi connectivity index (χ1n) is 4.10. The van der Waals surface area contributed by atoms with Gasteiger partial charge in [-0.15, -0.1) is 0 Å². The zero-order valence-corrected chi connectivity index (χ0v) is 7.43. The highest BCUT2D eigenvalue weighted by Gasteiger charge is 2.07. The Labute approximate surface area is 80.8 Å². The summed E-state index contributed by atoms with van der Waals surface area (Å²) in [6.45, 7) is 0. The van der Waals surface area contributed by atoms with Crippen molar-refractivity contribution in [3.05, 3.63) is 23.3 Å². The van der Waals surface area contributed by atoms with Crippen LogP contribution in [-0.4, -0.2) is 22.8 Å². The lowest BCUT2D eigenvalue weighted by molar-refractivity contribution is -0.108. The van der Waals surface area contributed by atoms with Crippen molar-refractivity contribution in [2.24, 2.45) is 0 Å². The van der Waals surface area contributed by atoms with Gasteiger partial charge in [-0.05, 0) is 12.1 Å². The van der Waals surface area contributed by atoms with Crippen LogP contribution in [0.15, 0.2) is 12.1 Å². The summed E-state index contributed by atoms with van der Waals surface area (Å²) in [4.78, 5) is 20.4. The fraction of sp³-hybridized carbons (Fsp3) is 0.200. The van der Waals surface area contributed by atoms with E-state index in [1.54, 1.807) is 0 Å². The molecule has 2 N–H and O–H groups in total. The first-order chi connectivity index (χ1) is 6.69. The zero-order valence-electron chi connectivity index (χ0n) is 7.43. The smallest absolute Gasteiger partial charge is 0.124 e. The fourth-order valence-electron chi connectivity index (χ4n) is 1.17. The van der Waals surface area contributed by atoms with Crippen molar-refractivity contribution in [3.8, 4) is 11.5 Å². The average Bonchev–Trinajstić information content (AvgIpc) is 2.14. The number of hydrogen-bond acceptors (Lipinski definition) is 4. The Balaban J connectivity index is 3.09. The second kappa shape index (κ2) is 4.41. The van der Waals surface area contributed by atoms with Gasteiger partial charge in [0.25, 0.3) is 0 Å². The fourth-order valence-corrected chi connectivity index (χ4v) is 1.17. The molecule has 0 aliphatic heterocycles. The highest BCUT2D eigenvalue weighted by Crippen LogP contribution is 2.27. The second-order valence-corrected chi connectivity index (χ2v) is 2.85. The normalized spacial score (nSPS) is 9.71. The van der Waals surface area contributed by atoms with E-state index in [9.17, 15) is 19.8 Å². The van der Waals surface area contributed by atoms with Gasteiger partial charge in [-0.25, -0.2) is 0 Å². The minimum absolute atomic E-state index is 0.0424. The van der Waals surface area contributed by atoms with Crippen LogP contribution < -0.4 is 0 Å². The third kappa shape index (κ3) is 2.10. The third-order valence-corrected chi connectivity index (χ3v) is 1.89. The average molecular weight is 194 g/mol. The molecule has 0 unspecified atom stereocenters. The molecule has 14 heavy (non-hydrogen) atoms. The monoisotopic (exact) mass is 194 g/mol. The van der Waals surface area contributed by atoms with Crippen LogP contribution in [0.25, 0.3) is 0 Å². The molecule has 74 valence electrons. The molecule has 0 radical (unpaired) electrons. The highest BCUT2D eigenvalue weighted by molar-refractivity contribution is 5.62. The lowest BCUT2D eigenvalue weighted by atomic mass is 10.1. The van der Waals surface area contributed by atoms with Crippen molar-refractivity contribution >= 4 is 12.6 Å². The molecule has 0 spiro atoms. The molecule has 0 aromatic heterocycles. The number of aldehydes is 2. The summed E-state index contributed by atoms with van der Waals surface area (Å²) in [5.41, 5.74) is 0.708. The molecular formula is C10H10O4. The number of rotatable bonds is 4. The summed E-state index contributed by atoms with van der Waals surface area (Å²) in [6, 6.07) is 2.59. The second-order valence-electron chi connectivity index (χ2n) is 2.85. The molecule has 1 rings (SSSR count). The van der Waals surface area contributed by atoms with Gasteiger partial charge in [-0.3, -0.25) is 0 Å². The third-order valence-electron chi connectivity index (χ3n) is 1.89. The molecule has 0 bridgehead atoms. The molecular weight excluding hydrogens is 184 g/mol. The van der Waals surface area contributed by atoms with E-state index >= 15 is 0 Å². The summed E-state index contributed by atoms with van der Waals surface area (Å²) in [5.74, 6) is -0.154. The Morgan fingerprint density at radius 3 is 1.57 bits per heavy atom. The van der Waals surface area contributed by atoms with Crippen molar-refractivity contribution in [2.45, 2.75) is 12.8 Å². The Morgan fingerprint density at radius 1 is 0.929 bits per heavy atom. The van der Waals surface area contributed by atoms with E-state index in [-0.39, 0.29) is 24.3 Å². The van der Waals surface area contributed by atoms with Crippen molar-refractivity contribution in [1.29, 1.82) is 0 Å². The van der Waals surface area contributed by atoms with Crippen LogP contribution in [0.1, 0.15) is 11.1 Å². The van der Waals surface area contributed by atoms with Crippen molar-refractivity contribution in [1.82, 2.24) is 0 Å². The molecule has 4 heteroatoms. The number of carbonyl (C=O) groups excluding carboxylic acids is 2. The Bertz CT molecular complexity index is 322. The zero-order chi connectivity index (χ0) is 10.6. The summed E-state index contributed by atoms with van der Waals surface area (Å²) < 4.78 is 0. The van der Waals surface area contributed by atoms with Crippen LogP contribution in [0.3, 0.4) is 0 Å². The molecule has 1 aromatic rings. The number of hydrogen-bond donors (Lipinski definition) is 2. The molecule has 1 aromatic carbocycles. The van der Waals surface area contributed by atoms with Crippen LogP contribution in [0.4, 0.5) is 0 Å². The standard InChI is InChI=1S/C10H10O4/c11-3-1-7-5-10(14)8(2-4-12)6-9(7)13/h3-6,13-14H,1-2H2. The van der Waals surface area contributed by atoms with E-state index in [0.29, 0.717) is 23.7 Å². The molecule has 4 nitrogen and oxygen atoms in total. The van der Waals surface area contributed by atoms with Gasteiger partial charge < -0.3 is 19.8 Å². The van der Waals surface area contributed by atoms with Crippen LogP contribution in [0.5, 0.6) is 11.5 Å². The van der Waals surface area contributed by atoms with E-state index in [1.807, 2.05) is 0 Å². The van der Waals surface area contributed by atoms with E-state index in [2.05, 4.69) is 0 Å². The van der Waals surface area contributed by atoms with E-state index in [0.717, 1.165) is 0 Å². The van der Waals surface area contributed by atoms with Crippen LogP contribution in [0, 0.1) is 0 Å². The van der Waals surface area contributed by atoms with Gasteiger partial charge in [0.2, 0.25) is 0 Å². The molecule has 0 aliphatic carbocycles. The molecule has 0 aliphatic rings. The summed E-state index contributed by atoms with van der Waals surface area (Å²) in [7, 11) is 0. The molecule has 0 fully saturated rings. The maximum Gasteiger partial charge on any atom is 0.124 e. The molecule has 0 amide bonds. The quantitative estimate of drug-likeness (QED) is 0.543. The van der Waals surface area contributed by atoms with Gasteiger partial charge in [0.1, 0.15) is 24.1 Å². The predicted octanol–water partition coefficient (Wildman–Crippen LogP) is 0.581. The SMILES string of the molecule is O=CCc1cc(O)c(CC=O)cc1O. The number of aromatic hydroxyl groups is 2. The molecule has 0 saturated heterocycles. The van der Waals surface area contributed by atoms with Gasteiger partial charge in [-0.1, -0.05) is 0 Å². The number of phenolic OH excluding ortho intramolecular Hbond substituents is 2. The van der Waals surface area contributed by atoms with Crippen LogP contribution in [0.2, 0.25) is 0 Å². The lowest BCUT2D eigenvalue weighted by Crippen LogP contribution is -1.92. The Hall–Kier alpha value is -1.84. The Morgan fingerprint density at radius 2 is 1.29 bits per heavy atom. The summed E-state index contributed by atoms with van der Waals surface area (Å²) >= 11 is 0. The predicted molar refractivity (Wildman–Crippen MR) is 49.3 cm³/mol. The van der Waals surface area contributed by atoms with E-state index in [4.69, 9.17) is 0 Å². The number of benzene rings is 1. The van der Waals surface area contributed by atoms with Crippen LogP contribution >= 0.6 is 0 Å². The first-order valence-corrected chi connectivity index (χ1v) is 4.10. The van der Waals surface area contributed by atoms with Gasteiger partial charge in [0, 0.05) is 24.0 Å². The summed E-state index contributed by atoms with van der Waals surface area (Å²) in [5, 5.41) is 18.8. The largest absolute Gasteiger partial charge is 0.508 e. The van der Waals surface area contributed by atoms with Crippen molar-refractivity contribution in [3.63, 3.8) is 0 Å². The van der Waals surface area contributed by atoms with E-state index < -0.39 is 0 Å². The molecule has 0 atom stereocenters. The topological polar surface area (TPSA) is 74.6 Å². The minimum atomic E-state index is -0.0771. The van der Waals surface area contributed by atoms with Crippen molar-refractivity contribution in [2.75, 3.05) is 0 Å². The molecule has 0 saturated carbocycles. The maximum atomic E-state index is 10.2. The number of phenols is 2. The molecule has 0 heterocycles. The van der Waals surface area contributed by atoms with Crippen LogP contribution in [-0.2, 0) is 22.4 Å². The number of carbonyl (C=O) groups is 2. The van der Waals surface area contributed by atoms with Gasteiger partial charge >= 0.3 is 0 Å². The maximum absolute atomic E-state index is 10.2. The van der Waals surface area contributed by atoms with E-state index in [1.165, 1.54) is 12.1 Å². The Kier molecular flexibility index (Phi) is 3.23. The van der Waals surface area contributed by atoms with Crippen molar-refractivity contribution < 1.29 is 19.8 Å². The summed E-state index contributed by atoms with van der Waals surface area (Å²) in [6.07, 6.45) is 1.35. The minimum Gasteiger partial charge on any atom is -0.508 e. The highest BCUT2D eigenvalue weighted by atomic mass is 16.3. The first kappa shape index (κ1) is 10.2. The van der Waals surface area contributed by atoms with Gasteiger partial charge in [0.15, 0.2) is 0 Å². The lowest BCUT2D eigenvalue weighted by Gasteiger charge is -2.05. The van der Waals surface area contributed by atoms with Gasteiger partial charge in [-0.2, -0.15) is 0 Å². The van der Waals surface area contributed by atoms with Gasteiger partial charge in [0.05, 0.1) is 0 Å².